The number of amides is 1. The zero-order chi connectivity index (χ0) is 13.1. The molecule has 3 nitrogen and oxygen atoms in total. The Labute approximate surface area is 126 Å². The smallest absolute Gasteiger partial charge is 0.257 e. The molecule has 94 valence electrons. The van der Waals surface area contributed by atoms with Crippen molar-refractivity contribution in [1.29, 1.82) is 0 Å². The first-order chi connectivity index (χ1) is 8.60. The van der Waals surface area contributed by atoms with E-state index in [0.717, 1.165) is 10.2 Å². The summed E-state index contributed by atoms with van der Waals surface area (Å²) in [7, 11) is 0. The number of anilines is 1. The zero-order valence-corrected chi connectivity index (χ0v) is 12.8. The molecule has 0 radical (unpaired) electrons. The molecule has 0 unspecified atom stereocenters. The lowest BCUT2D eigenvalue weighted by molar-refractivity contribution is 0.102. The van der Waals surface area contributed by atoms with Crippen molar-refractivity contribution in [2.75, 3.05) is 5.32 Å². The Hall–Kier alpha value is -0.620. The third-order valence-electron chi connectivity index (χ3n) is 2.09. The van der Waals surface area contributed by atoms with Gasteiger partial charge < -0.3 is 0 Å². The second-order valence-electron chi connectivity index (χ2n) is 3.36. The van der Waals surface area contributed by atoms with E-state index >= 15 is 0 Å². The van der Waals surface area contributed by atoms with Crippen LogP contribution < -0.4 is 5.32 Å². The molecule has 1 N–H and O–H groups in total. The maximum atomic E-state index is 11.9. The highest BCUT2D eigenvalue weighted by atomic mass is 79.9. The number of nitrogens with one attached hydrogen (secondary N) is 1. The van der Waals surface area contributed by atoms with Crippen LogP contribution in [0.1, 0.15) is 16.1 Å². The molecule has 0 aliphatic rings. The number of benzene rings is 1. The van der Waals surface area contributed by atoms with Crippen LogP contribution in [0.25, 0.3) is 0 Å². The summed E-state index contributed by atoms with van der Waals surface area (Å²) in [5, 5.41) is 5.51. The van der Waals surface area contributed by atoms with E-state index in [-0.39, 0.29) is 5.91 Å². The molecule has 1 aromatic heterocycles. The van der Waals surface area contributed by atoms with Gasteiger partial charge in [-0.1, -0.05) is 11.6 Å². The molecule has 2 rings (SSSR count). The molecular formula is C11H7BrCl2N2OS. The SMILES string of the molecule is O=C(Nc1nc(CCl)cs1)c1ccc(Br)c(Cl)c1. The fraction of sp³-hybridized carbons (Fsp3) is 0.0909. The number of thiazole rings is 1. The van der Waals surface area contributed by atoms with Crippen LogP contribution in [0.4, 0.5) is 5.13 Å². The molecule has 0 saturated heterocycles. The maximum absolute atomic E-state index is 11.9. The van der Waals surface area contributed by atoms with E-state index in [4.69, 9.17) is 23.2 Å². The van der Waals surface area contributed by atoms with E-state index in [1.165, 1.54) is 11.3 Å². The largest absolute Gasteiger partial charge is 0.298 e. The lowest BCUT2D eigenvalue weighted by atomic mass is 10.2. The van der Waals surface area contributed by atoms with Crippen molar-refractivity contribution < 1.29 is 4.79 Å². The molecule has 0 atom stereocenters. The minimum atomic E-state index is -0.250. The van der Waals surface area contributed by atoms with Gasteiger partial charge in [-0.2, -0.15) is 0 Å². The van der Waals surface area contributed by atoms with Crippen LogP contribution in [0.3, 0.4) is 0 Å². The Morgan fingerprint density at radius 1 is 1.50 bits per heavy atom. The first-order valence-corrected chi connectivity index (χ1v) is 7.45. The lowest BCUT2D eigenvalue weighted by Gasteiger charge is -2.03. The molecule has 1 amide bonds. The van der Waals surface area contributed by atoms with E-state index in [0.29, 0.717) is 21.6 Å². The third-order valence-corrected chi connectivity index (χ3v) is 4.40. The molecule has 0 aliphatic heterocycles. The van der Waals surface area contributed by atoms with Gasteiger partial charge in [0.15, 0.2) is 5.13 Å². The predicted molar refractivity (Wildman–Crippen MR) is 78.8 cm³/mol. The van der Waals surface area contributed by atoms with E-state index in [1.807, 2.05) is 0 Å². The molecular weight excluding hydrogens is 359 g/mol. The molecule has 1 aromatic carbocycles. The average molecular weight is 366 g/mol. The monoisotopic (exact) mass is 364 g/mol. The lowest BCUT2D eigenvalue weighted by Crippen LogP contribution is -2.11. The van der Waals surface area contributed by atoms with Crippen molar-refractivity contribution in [2.24, 2.45) is 0 Å². The summed E-state index contributed by atoms with van der Waals surface area (Å²) in [6.07, 6.45) is 0. The summed E-state index contributed by atoms with van der Waals surface area (Å²) >= 11 is 16.2. The Balaban J connectivity index is 2.14. The Kier molecular flexibility index (Phi) is 4.61. The van der Waals surface area contributed by atoms with Crippen LogP contribution in [0.5, 0.6) is 0 Å². The molecule has 18 heavy (non-hydrogen) atoms. The summed E-state index contributed by atoms with van der Waals surface area (Å²) < 4.78 is 0.749. The number of aromatic nitrogens is 1. The minimum Gasteiger partial charge on any atom is -0.298 e. The van der Waals surface area contributed by atoms with Crippen molar-refractivity contribution in [2.45, 2.75) is 5.88 Å². The quantitative estimate of drug-likeness (QED) is 0.810. The Bertz CT molecular complexity index is 588. The van der Waals surface area contributed by atoms with E-state index < -0.39 is 0 Å². The Morgan fingerprint density at radius 2 is 2.28 bits per heavy atom. The number of hydrogen-bond acceptors (Lipinski definition) is 3. The molecule has 0 fully saturated rings. The van der Waals surface area contributed by atoms with Gasteiger partial charge in [0.1, 0.15) is 0 Å². The molecule has 2 aromatic rings. The van der Waals surface area contributed by atoms with Gasteiger partial charge >= 0.3 is 0 Å². The average Bonchev–Trinajstić information content (AvgIpc) is 2.80. The van der Waals surface area contributed by atoms with Crippen molar-refractivity contribution >= 4 is 61.5 Å². The van der Waals surface area contributed by atoms with E-state index in [9.17, 15) is 4.79 Å². The van der Waals surface area contributed by atoms with Gasteiger partial charge in [0.05, 0.1) is 16.6 Å². The van der Waals surface area contributed by atoms with E-state index in [2.05, 4.69) is 26.2 Å². The van der Waals surface area contributed by atoms with Gasteiger partial charge in [-0.25, -0.2) is 4.98 Å². The fourth-order valence-electron chi connectivity index (χ4n) is 1.23. The van der Waals surface area contributed by atoms with Gasteiger partial charge in [-0.3, -0.25) is 10.1 Å². The van der Waals surface area contributed by atoms with Gasteiger partial charge in [-0.15, -0.1) is 22.9 Å². The van der Waals surface area contributed by atoms with Crippen LogP contribution in [-0.2, 0) is 5.88 Å². The van der Waals surface area contributed by atoms with Crippen molar-refractivity contribution in [3.05, 3.63) is 44.3 Å². The summed E-state index contributed by atoms with van der Waals surface area (Å²) in [5.74, 6) is 0.0797. The highest BCUT2D eigenvalue weighted by Gasteiger charge is 2.10. The van der Waals surface area contributed by atoms with Crippen LogP contribution in [-0.4, -0.2) is 10.9 Å². The van der Waals surface area contributed by atoms with Crippen LogP contribution in [0.15, 0.2) is 28.1 Å². The Morgan fingerprint density at radius 3 is 2.89 bits per heavy atom. The fourth-order valence-corrected chi connectivity index (χ4v) is 2.59. The molecule has 1 heterocycles. The van der Waals surface area contributed by atoms with Gasteiger partial charge in [0.2, 0.25) is 0 Å². The molecule has 0 spiro atoms. The normalized spacial score (nSPS) is 10.4. The summed E-state index contributed by atoms with van der Waals surface area (Å²) in [5.41, 5.74) is 1.22. The summed E-state index contributed by atoms with van der Waals surface area (Å²) in [6.45, 7) is 0. The number of rotatable bonds is 3. The zero-order valence-electron chi connectivity index (χ0n) is 8.91. The topological polar surface area (TPSA) is 42.0 Å². The van der Waals surface area contributed by atoms with Gasteiger partial charge in [0.25, 0.3) is 5.91 Å². The first kappa shape index (κ1) is 13.8. The van der Waals surface area contributed by atoms with Crippen molar-refractivity contribution in [1.82, 2.24) is 4.98 Å². The second kappa shape index (κ2) is 6.02. The van der Waals surface area contributed by atoms with Crippen molar-refractivity contribution in [3.8, 4) is 0 Å². The third kappa shape index (κ3) is 3.23. The number of carbonyl (C=O) groups is 1. The molecule has 0 saturated carbocycles. The number of hydrogen-bond donors (Lipinski definition) is 1. The summed E-state index contributed by atoms with van der Waals surface area (Å²) in [4.78, 5) is 16.1. The predicted octanol–water partition coefficient (Wildman–Crippen LogP) is 4.55. The van der Waals surface area contributed by atoms with Crippen LogP contribution >= 0.6 is 50.5 Å². The van der Waals surface area contributed by atoms with E-state index in [1.54, 1.807) is 23.6 Å². The highest BCUT2D eigenvalue weighted by molar-refractivity contribution is 9.10. The van der Waals surface area contributed by atoms with Crippen molar-refractivity contribution in [3.63, 3.8) is 0 Å². The second-order valence-corrected chi connectivity index (χ2v) is 5.75. The molecule has 0 aliphatic carbocycles. The number of alkyl halides is 1. The minimum absolute atomic E-state index is 0.250. The highest BCUT2D eigenvalue weighted by Crippen LogP contribution is 2.24. The number of halogens is 3. The number of nitrogens with zero attached hydrogens (tertiary/aromatic N) is 1. The first-order valence-electron chi connectivity index (χ1n) is 4.87. The van der Waals surface area contributed by atoms with Crippen LogP contribution in [0, 0.1) is 0 Å². The standard InChI is InChI=1S/C11H7BrCl2N2OS/c12-8-2-1-6(3-9(8)14)10(17)16-11-15-7(4-13)5-18-11/h1-3,5H,4H2,(H,15,16,17). The molecule has 0 bridgehead atoms. The van der Waals surface area contributed by atoms with Gasteiger partial charge in [-0.05, 0) is 34.1 Å². The van der Waals surface area contributed by atoms with Crippen LogP contribution in [0.2, 0.25) is 5.02 Å². The molecule has 7 heteroatoms. The maximum Gasteiger partial charge on any atom is 0.257 e. The summed E-state index contributed by atoms with van der Waals surface area (Å²) in [6, 6.07) is 5.00. The number of carbonyl (C=O) groups excluding carboxylic acids is 1. The van der Waals surface area contributed by atoms with Gasteiger partial charge in [0, 0.05) is 15.4 Å².